The van der Waals surface area contributed by atoms with E-state index in [9.17, 15) is 4.39 Å². The molecule has 0 N–H and O–H groups in total. The van der Waals surface area contributed by atoms with Crippen LogP contribution in [0, 0.1) is 5.92 Å². The summed E-state index contributed by atoms with van der Waals surface area (Å²) in [7, 11) is 1.63. The van der Waals surface area contributed by atoms with Crippen LogP contribution in [0.15, 0.2) is 78.5 Å². The van der Waals surface area contributed by atoms with E-state index in [1.165, 1.54) is 33.0 Å². The molecule has 6 rings (SSSR count). The number of pyridine rings is 1. The van der Waals surface area contributed by atoms with Crippen LogP contribution in [-0.2, 0) is 13.1 Å². The van der Waals surface area contributed by atoms with E-state index in [2.05, 4.69) is 48.3 Å². The van der Waals surface area contributed by atoms with E-state index >= 15 is 0 Å². The Labute approximate surface area is 216 Å². The standard InChI is InChI=1S/C32H27ClFNO/c1-19-13-29-26(25-6-4-3-5-24(19)25)8-9-27-28(21-11-12-35-23(14-21)18-34)15-22(16-30(27)29)20-7-10-31(33)32(17-20)36-2/h5-12,14-17,19H,3-4,13,18H2,1-2H3/t19-/m1/s1. The first kappa shape index (κ1) is 23.0. The van der Waals surface area contributed by atoms with Crippen LogP contribution in [0.5, 0.6) is 5.75 Å². The predicted molar refractivity (Wildman–Crippen MR) is 147 cm³/mol. The smallest absolute Gasteiger partial charge is 0.138 e. The van der Waals surface area contributed by atoms with Gasteiger partial charge in [0.25, 0.3) is 0 Å². The van der Waals surface area contributed by atoms with Gasteiger partial charge in [0, 0.05) is 6.20 Å². The van der Waals surface area contributed by atoms with Crippen molar-refractivity contribution in [1.29, 1.82) is 0 Å². The molecule has 2 nitrogen and oxygen atoms in total. The van der Waals surface area contributed by atoms with Gasteiger partial charge in [-0.15, -0.1) is 0 Å². The number of benzene rings is 3. The summed E-state index contributed by atoms with van der Waals surface area (Å²) in [5.41, 5.74) is 10.2. The molecular weight excluding hydrogens is 469 g/mol. The molecule has 2 aliphatic rings. The fraction of sp³-hybridized carbons (Fsp3) is 0.219. The first-order valence-electron chi connectivity index (χ1n) is 12.4. The molecule has 1 aromatic heterocycles. The number of ether oxygens (including phenoxy) is 1. The molecule has 0 saturated heterocycles. The van der Waals surface area contributed by atoms with Crippen molar-refractivity contribution in [3.05, 3.63) is 100 Å². The normalized spacial score (nSPS) is 16.7. The summed E-state index contributed by atoms with van der Waals surface area (Å²) in [4.78, 5) is 4.18. The number of rotatable bonds is 4. The molecule has 0 fully saturated rings. The number of hydrogen-bond acceptors (Lipinski definition) is 2. The molecule has 0 aliphatic heterocycles. The number of methoxy groups -OCH3 is 1. The number of aromatic nitrogens is 1. The Morgan fingerprint density at radius 3 is 2.61 bits per heavy atom. The van der Waals surface area contributed by atoms with Crippen molar-refractivity contribution in [3.63, 3.8) is 0 Å². The summed E-state index contributed by atoms with van der Waals surface area (Å²) < 4.78 is 19.0. The second kappa shape index (κ2) is 9.22. The maximum Gasteiger partial charge on any atom is 0.138 e. The summed E-state index contributed by atoms with van der Waals surface area (Å²) in [5.74, 6) is 1.11. The van der Waals surface area contributed by atoms with Gasteiger partial charge < -0.3 is 4.74 Å². The lowest BCUT2D eigenvalue weighted by Crippen LogP contribution is -2.16. The molecule has 4 heteroatoms. The summed E-state index contributed by atoms with van der Waals surface area (Å²) in [6.07, 6.45) is 9.72. The molecule has 36 heavy (non-hydrogen) atoms. The zero-order chi connectivity index (χ0) is 24.8. The van der Waals surface area contributed by atoms with Crippen LogP contribution in [0.25, 0.3) is 38.6 Å². The van der Waals surface area contributed by atoms with E-state index in [4.69, 9.17) is 16.3 Å². The maximum atomic E-state index is 13.5. The highest BCUT2D eigenvalue weighted by Gasteiger charge is 2.27. The van der Waals surface area contributed by atoms with Crippen LogP contribution in [0.1, 0.15) is 36.6 Å². The molecule has 0 spiro atoms. The summed E-state index contributed by atoms with van der Waals surface area (Å²) >= 11 is 6.34. The molecule has 180 valence electrons. The van der Waals surface area contributed by atoms with Crippen LogP contribution in [0.3, 0.4) is 0 Å². The largest absolute Gasteiger partial charge is 0.495 e. The van der Waals surface area contributed by atoms with E-state index in [1.54, 1.807) is 13.3 Å². The fourth-order valence-electron chi connectivity index (χ4n) is 5.77. The summed E-state index contributed by atoms with van der Waals surface area (Å²) in [6.45, 7) is 1.74. The molecule has 0 saturated carbocycles. The number of hydrogen-bond donors (Lipinski definition) is 0. The minimum absolute atomic E-state index is 0.438. The van der Waals surface area contributed by atoms with Gasteiger partial charge in [-0.1, -0.05) is 48.9 Å². The number of fused-ring (bicyclic) bond motifs is 5. The average Bonchev–Trinajstić information content (AvgIpc) is 2.93. The Morgan fingerprint density at radius 2 is 1.78 bits per heavy atom. The van der Waals surface area contributed by atoms with Gasteiger partial charge >= 0.3 is 0 Å². The Hall–Kier alpha value is -3.43. The Kier molecular flexibility index (Phi) is 5.89. The molecule has 2 aliphatic carbocycles. The van der Waals surface area contributed by atoms with Gasteiger partial charge in [-0.2, -0.15) is 0 Å². The number of halogens is 2. The molecule has 3 aromatic carbocycles. The Bertz CT molecular complexity index is 1570. The quantitative estimate of drug-likeness (QED) is 0.282. The average molecular weight is 496 g/mol. The van der Waals surface area contributed by atoms with Crippen LogP contribution in [0.4, 0.5) is 4.39 Å². The lowest BCUT2D eigenvalue weighted by molar-refractivity contribution is 0.415. The molecule has 0 bridgehead atoms. The van der Waals surface area contributed by atoms with Gasteiger partial charge in [0.15, 0.2) is 0 Å². The van der Waals surface area contributed by atoms with Crippen LogP contribution < -0.4 is 4.74 Å². The third-order valence-electron chi connectivity index (χ3n) is 7.52. The van der Waals surface area contributed by atoms with Crippen molar-refractivity contribution in [2.24, 2.45) is 5.92 Å². The minimum atomic E-state index is -0.587. The Morgan fingerprint density at radius 1 is 0.917 bits per heavy atom. The molecule has 0 amide bonds. The van der Waals surface area contributed by atoms with Crippen molar-refractivity contribution in [2.45, 2.75) is 32.9 Å². The first-order valence-corrected chi connectivity index (χ1v) is 12.8. The zero-order valence-corrected chi connectivity index (χ0v) is 21.2. The molecule has 1 heterocycles. The molecule has 4 aromatic rings. The molecule has 0 radical (unpaired) electrons. The number of alkyl halides is 1. The van der Waals surface area contributed by atoms with Crippen molar-refractivity contribution < 1.29 is 9.13 Å². The van der Waals surface area contributed by atoms with Gasteiger partial charge in [0.05, 0.1) is 17.8 Å². The fourth-order valence-corrected chi connectivity index (χ4v) is 5.97. The van der Waals surface area contributed by atoms with Crippen molar-refractivity contribution in [2.75, 3.05) is 7.11 Å². The number of allylic oxidation sites excluding steroid dienone is 4. The minimum Gasteiger partial charge on any atom is -0.495 e. The molecular formula is C32H27ClFNO. The van der Waals surface area contributed by atoms with Gasteiger partial charge in [-0.3, -0.25) is 4.98 Å². The van der Waals surface area contributed by atoms with E-state index < -0.39 is 6.67 Å². The van der Waals surface area contributed by atoms with Crippen LogP contribution in [0.2, 0.25) is 5.02 Å². The van der Waals surface area contributed by atoms with E-state index in [0.29, 0.717) is 22.4 Å². The highest BCUT2D eigenvalue weighted by molar-refractivity contribution is 6.32. The van der Waals surface area contributed by atoms with Crippen molar-refractivity contribution in [1.82, 2.24) is 4.98 Å². The predicted octanol–water partition coefficient (Wildman–Crippen LogP) is 9.00. The van der Waals surface area contributed by atoms with E-state index in [-0.39, 0.29) is 0 Å². The first-order chi connectivity index (χ1) is 17.6. The zero-order valence-electron chi connectivity index (χ0n) is 20.4. The third-order valence-corrected chi connectivity index (χ3v) is 7.83. The SMILES string of the molecule is COc1cc(-c2cc(-c3ccnc(CF)c3)c3ccc4c(c3c2)C[C@@H](C)C2=CCCC=C24)ccc1Cl. The lowest BCUT2D eigenvalue weighted by atomic mass is 9.73. The van der Waals surface area contributed by atoms with Gasteiger partial charge in [0.2, 0.25) is 0 Å². The van der Waals surface area contributed by atoms with E-state index in [1.807, 2.05) is 30.3 Å². The van der Waals surface area contributed by atoms with Crippen molar-refractivity contribution >= 4 is 27.9 Å². The molecule has 0 unspecified atom stereocenters. The van der Waals surface area contributed by atoms with Crippen LogP contribution in [-0.4, -0.2) is 12.1 Å². The summed E-state index contributed by atoms with van der Waals surface area (Å²) in [6, 6.07) is 18.7. The van der Waals surface area contributed by atoms with Crippen molar-refractivity contribution in [3.8, 4) is 28.0 Å². The second-order valence-electron chi connectivity index (χ2n) is 9.69. The monoisotopic (exact) mass is 495 g/mol. The third kappa shape index (κ3) is 3.83. The van der Waals surface area contributed by atoms with E-state index in [0.717, 1.165) is 41.5 Å². The molecule has 1 atom stereocenters. The lowest BCUT2D eigenvalue weighted by Gasteiger charge is -2.31. The maximum absolute atomic E-state index is 13.5. The van der Waals surface area contributed by atoms with Gasteiger partial charge in [0.1, 0.15) is 12.4 Å². The van der Waals surface area contributed by atoms with Crippen LogP contribution >= 0.6 is 11.6 Å². The Balaban J connectivity index is 1.65. The highest BCUT2D eigenvalue weighted by Crippen LogP contribution is 2.46. The second-order valence-corrected chi connectivity index (χ2v) is 10.1. The number of nitrogens with zero attached hydrogens (tertiary/aromatic N) is 1. The van der Waals surface area contributed by atoms with Gasteiger partial charge in [-0.05, 0) is 117 Å². The highest BCUT2D eigenvalue weighted by atomic mass is 35.5. The van der Waals surface area contributed by atoms with Gasteiger partial charge in [-0.25, -0.2) is 4.39 Å². The topological polar surface area (TPSA) is 22.1 Å². The summed E-state index contributed by atoms with van der Waals surface area (Å²) in [5, 5.41) is 2.99.